The van der Waals surface area contributed by atoms with E-state index in [1.165, 1.54) is 5.69 Å². The quantitative estimate of drug-likeness (QED) is 0.672. The highest BCUT2D eigenvalue weighted by Crippen LogP contribution is 2.05. The van der Waals surface area contributed by atoms with Gasteiger partial charge in [0, 0.05) is 13.2 Å². The molecule has 0 aromatic carbocycles. The lowest BCUT2D eigenvalue weighted by molar-refractivity contribution is 0.135. The summed E-state index contributed by atoms with van der Waals surface area (Å²) in [5, 5.41) is 11.4. The van der Waals surface area contributed by atoms with Crippen LogP contribution in [0.5, 0.6) is 0 Å². The Balaban J connectivity index is 2.62. The molecule has 0 radical (unpaired) electrons. The van der Waals surface area contributed by atoms with Crippen LogP contribution in [0.2, 0.25) is 0 Å². The van der Waals surface area contributed by atoms with E-state index in [0.29, 0.717) is 6.61 Å². The molecule has 0 bridgehead atoms. The molecule has 0 saturated heterocycles. The van der Waals surface area contributed by atoms with Crippen molar-refractivity contribution in [3.63, 3.8) is 0 Å². The van der Waals surface area contributed by atoms with Gasteiger partial charge in [0.05, 0.1) is 24.5 Å². The third-order valence-corrected chi connectivity index (χ3v) is 2.25. The van der Waals surface area contributed by atoms with Gasteiger partial charge in [0.15, 0.2) is 0 Å². The number of hydrogen-bond donors (Lipinski definition) is 1. The summed E-state index contributed by atoms with van der Waals surface area (Å²) in [7, 11) is 1.92. The Kier molecular flexibility index (Phi) is 5.28. The van der Waals surface area contributed by atoms with Gasteiger partial charge in [-0.2, -0.15) is 0 Å². The van der Waals surface area contributed by atoms with Gasteiger partial charge in [-0.15, -0.1) is 5.10 Å². The molecule has 0 saturated carbocycles. The van der Waals surface area contributed by atoms with Crippen LogP contribution in [0, 0.1) is 0 Å². The fourth-order valence-corrected chi connectivity index (χ4v) is 1.54. The van der Waals surface area contributed by atoms with Crippen molar-refractivity contribution >= 4 is 0 Å². The predicted octanol–water partition coefficient (Wildman–Crippen LogP) is 0.596. The summed E-state index contributed by atoms with van der Waals surface area (Å²) in [4.78, 5) is 0. The molecule has 5 heteroatoms. The zero-order valence-corrected chi connectivity index (χ0v) is 9.79. The SMILES string of the molecule is CCOCCn1nnc(CNC)c1CC. The van der Waals surface area contributed by atoms with Crippen LogP contribution < -0.4 is 5.32 Å². The largest absolute Gasteiger partial charge is 0.380 e. The van der Waals surface area contributed by atoms with E-state index in [1.54, 1.807) is 0 Å². The molecule has 1 heterocycles. The highest BCUT2D eigenvalue weighted by Gasteiger charge is 2.09. The Labute approximate surface area is 90.8 Å². The maximum absolute atomic E-state index is 5.30. The third-order valence-electron chi connectivity index (χ3n) is 2.25. The van der Waals surface area contributed by atoms with Crippen molar-refractivity contribution in [2.45, 2.75) is 33.4 Å². The molecule has 15 heavy (non-hydrogen) atoms. The Hall–Kier alpha value is -0.940. The van der Waals surface area contributed by atoms with Crippen LogP contribution in [0.3, 0.4) is 0 Å². The van der Waals surface area contributed by atoms with Crippen molar-refractivity contribution in [2.75, 3.05) is 20.3 Å². The zero-order valence-electron chi connectivity index (χ0n) is 9.79. The highest BCUT2D eigenvalue weighted by molar-refractivity contribution is 5.09. The van der Waals surface area contributed by atoms with E-state index in [0.717, 1.165) is 31.8 Å². The minimum Gasteiger partial charge on any atom is -0.380 e. The van der Waals surface area contributed by atoms with Gasteiger partial charge >= 0.3 is 0 Å². The van der Waals surface area contributed by atoms with Crippen molar-refractivity contribution in [2.24, 2.45) is 0 Å². The second kappa shape index (κ2) is 6.53. The van der Waals surface area contributed by atoms with Gasteiger partial charge in [-0.05, 0) is 20.4 Å². The van der Waals surface area contributed by atoms with E-state index in [2.05, 4.69) is 22.6 Å². The first-order valence-corrected chi connectivity index (χ1v) is 5.47. The van der Waals surface area contributed by atoms with Crippen LogP contribution in [-0.4, -0.2) is 35.3 Å². The topological polar surface area (TPSA) is 52.0 Å². The van der Waals surface area contributed by atoms with Crippen molar-refractivity contribution < 1.29 is 4.74 Å². The molecular formula is C10H20N4O. The lowest BCUT2D eigenvalue weighted by Crippen LogP contribution is -2.12. The summed E-state index contributed by atoms with van der Waals surface area (Å²) in [5.74, 6) is 0. The van der Waals surface area contributed by atoms with Gasteiger partial charge in [0.2, 0.25) is 0 Å². The van der Waals surface area contributed by atoms with Crippen molar-refractivity contribution in [1.82, 2.24) is 20.3 Å². The van der Waals surface area contributed by atoms with Crippen LogP contribution in [0.1, 0.15) is 25.2 Å². The van der Waals surface area contributed by atoms with E-state index < -0.39 is 0 Å². The molecule has 0 fully saturated rings. The lowest BCUT2D eigenvalue weighted by atomic mass is 10.2. The predicted molar refractivity (Wildman–Crippen MR) is 58.7 cm³/mol. The number of nitrogens with zero attached hydrogens (tertiary/aromatic N) is 3. The molecule has 1 N–H and O–H groups in total. The Bertz CT molecular complexity index is 285. The number of nitrogens with one attached hydrogen (secondary N) is 1. The second-order valence-corrected chi connectivity index (χ2v) is 3.29. The Morgan fingerprint density at radius 1 is 1.40 bits per heavy atom. The summed E-state index contributed by atoms with van der Waals surface area (Å²) in [5.41, 5.74) is 2.24. The summed E-state index contributed by atoms with van der Waals surface area (Å²) >= 11 is 0. The summed E-state index contributed by atoms with van der Waals surface area (Å²) in [6.07, 6.45) is 0.955. The van der Waals surface area contributed by atoms with Crippen LogP contribution in [0.15, 0.2) is 0 Å². The number of hydrogen-bond acceptors (Lipinski definition) is 4. The molecule has 5 nitrogen and oxygen atoms in total. The molecule has 0 aliphatic heterocycles. The number of rotatable bonds is 7. The molecular weight excluding hydrogens is 192 g/mol. The van der Waals surface area contributed by atoms with E-state index in [-0.39, 0.29) is 0 Å². The van der Waals surface area contributed by atoms with Gasteiger partial charge in [0.25, 0.3) is 0 Å². The average Bonchev–Trinajstić information content (AvgIpc) is 2.62. The van der Waals surface area contributed by atoms with E-state index in [4.69, 9.17) is 4.74 Å². The standard InChI is InChI=1S/C10H20N4O/c1-4-10-9(8-11-3)12-13-14(10)6-7-15-5-2/h11H,4-8H2,1-3H3. The van der Waals surface area contributed by atoms with E-state index in [1.807, 2.05) is 18.7 Å². The Morgan fingerprint density at radius 2 is 2.20 bits per heavy atom. The van der Waals surface area contributed by atoms with Gasteiger partial charge in [-0.3, -0.25) is 0 Å². The van der Waals surface area contributed by atoms with Crippen molar-refractivity contribution in [3.05, 3.63) is 11.4 Å². The monoisotopic (exact) mass is 212 g/mol. The zero-order chi connectivity index (χ0) is 11.1. The summed E-state index contributed by atoms with van der Waals surface area (Å²) < 4.78 is 7.23. The molecule has 0 aliphatic carbocycles. The number of ether oxygens (including phenoxy) is 1. The molecule has 1 aromatic heterocycles. The van der Waals surface area contributed by atoms with Crippen molar-refractivity contribution in [1.29, 1.82) is 0 Å². The average molecular weight is 212 g/mol. The molecule has 0 atom stereocenters. The van der Waals surface area contributed by atoms with Crippen LogP contribution in [0.4, 0.5) is 0 Å². The van der Waals surface area contributed by atoms with E-state index in [9.17, 15) is 0 Å². The van der Waals surface area contributed by atoms with Gasteiger partial charge < -0.3 is 10.1 Å². The minimum absolute atomic E-state index is 0.700. The first kappa shape index (κ1) is 12.1. The Morgan fingerprint density at radius 3 is 2.80 bits per heavy atom. The lowest BCUT2D eigenvalue weighted by Gasteiger charge is -2.05. The molecule has 0 spiro atoms. The fourth-order valence-electron chi connectivity index (χ4n) is 1.54. The molecule has 86 valence electrons. The van der Waals surface area contributed by atoms with Crippen LogP contribution in [-0.2, 0) is 24.2 Å². The van der Waals surface area contributed by atoms with Gasteiger partial charge in [-0.1, -0.05) is 12.1 Å². The maximum Gasteiger partial charge on any atom is 0.0996 e. The summed E-state index contributed by atoms with van der Waals surface area (Å²) in [6, 6.07) is 0. The summed E-state index contributed by atoms with van der Waals surface area (Å²) in [6.45, 7) is 7.13. The highest BCUT2D eigenvalue weighted by atomic mass is 16.5. The molecule has 1 rings (SSSR count). The van der Waals surface area contributed by atoms with E-state index >= 15 is 0 Å². The first-order chi connectivity index (χ1) is 7.33. The van der Waals surface area contributed by atoms with Crippen LogP contribution in [0.25, 0.3) is 0 Å². The minimum atomic E-state index is 0.700. The number of aromatic nitrogens is 3. The fraction of sp³-hybridized carbons (Fsp3) is 0.800. The van der Waals surface area contributed by atoms with Crippen LogP contribution >= 0.6 is 0 Å². The molecule has 1 aromatic rings. The van der Waals surface area contributed by atoms with Crippen molar-refractivity contribution in [3.8, 4) is 0 Å². The normalized spacial score (nSPS) is 10.9. The smallest absolute Gasteiger partial charge is 0.0996 e. The molecule has 0 amide bonds. The molecule has 0 unspecified atom stereocenters. The van der Waals surface area contributed by atoms with Gasteiger partial charge in [0.1, 0.15) is 0 Å². The van der Waals surface area contributed by atoms with Gasteiger partial charge in [-0.25, -0.2) is 4.68 Å². The second-order valence-electron chi connectivity index (χ2n) is 3.29. The third kappa shape index (κ3) is 3.28. The maximum atomic E-state index is 5.30. The molecule has 0 aliphatic rings. The first-order valence-electron chi connectivity index (χ1n) is 5.47.